The number of aryl methyl sites for hydroxylation is 2. The predicted molar refractivity (Wildman–Crippen MR) is 146 cm³/mol. The second kappa shape index (κ2) is 12.6. The first-order valence-corrected chi connectivity index (χ1v) is 13.0. The molecule has 1 aromatic carbocycles. The predicted octanol–water partition coefficient (Wildman–Crippen LogP) is 5.83. The zero-order chi connectivity index (χ0) is 28.0. The normalized spacial score (nSPS) is 14.6. The van der Waals surface area contributed by atoms with E-state index < -0.39 is 29.3 Å². The van der Waals surface area contributed by atoms with E-state index in [0.717, 1.165) is 29.5 Å². The molecule has 0 bridgehead atoms. The molecule has 0 heterocycles. The minimum Gasteiger partial charge on any atom is -0.444 e. The Kier molecular flexibility index (Phi) is 11.0. The molecule has 1 aromatic rings. The highest BCUT2D eigenvalue weighted by molar-refractivity contribution is 5.92. The minimum atomic E-state index is -0.878. The molecule has 0 aliphatic heterocycles. The van der Waals surface area contributed by atoms with E-state index in [-0.39, 0.29) is 17.9 Å². The second-order valence-corrected chi connectivity index (χ2v) is 12.5. The van der Waals surface area contributed by atoms with Gasteiger partial charge in [-0.05, 0) is 93.6 Å². The van der Waals surface area contributed by atoms with Gasteiger partial charge in [-0.15, -0.1) is 0 Å². The van der Waals surface area contributed by atoms with Crippen molar-refractivity contribution >= 4 is 17.9 Å². The second-order valence-electron chi connectivity index (χ2n) is 12.5. The molecule has 1 rings (SSSR count). The molecule has 0 spiro atoms. The zero-order valence-electron chi connectivity index (χ0n) is 24.5. The molecule has 204 valence electrons. The average molecular weight is 504 g/mol. The summed E-state index contributed by atoms with van der Waals surface area (Å²) >= 11 is 0. The number of alkyl carbamates (subject to hydrolysis) is 1. The third kappa shape index (κ3) is 10.6. The Labute approximate surface area is 218 Å². The Bertz CT molecular complexity index is 892. The van der Waals surface area contributed by atoms with Crippen molar-refractivity contribution in [2.24, 2.45) is 5.92 Å². The van der Waals surface area contributed by atoms with Gasteiger partial charge < -0.3 is 20.3 Å². The highest BCUT2D eigenvalue weighted by Gasteiger charge is 2.38. The summed E-state index contributed by atoms with van der Waals surface area (Å²) in [5.74, 6) is -0.128. The lowest BCUT2D eigenvalue weighted by molar-refractivity contribution is -0.145. The summed E-state index contributed by atoms with van der Waals surface area (Å²) in [6.07, 6.45) is 0.964. The van der Waals surface area contributed by atoms with Crippen LogP contribution in [0.15, 0.2) is 18.2 Å². The van der Waals surface area contributed by atoms with Crippen molar-refractivity contribution in [1.82, 2.24) is 15.5 Å². The topological polar surface area (TPSA) is 87.7 Å². The van der Waals surface area contributed by atoms with Crippen LogP contribution >= 0.6 is 0 Å². The van der Waals surface area contributed by atoms with Crippen molar-refractivity contribution in [3.05, 3.63) is 34.9 Å². The number of carbonyl (C=O) groups excluding carboxylic acids is 3. The van der Waals surface area contributed by atoms with Crippen LogP contribution in [-0.4, -0.2) is 46.0 Å². The third-order valence-electron chi connectivity index (χ3n) is 5.58. The SMILES string of the molecule is Cc1cc(C)cc(C(C(=O)NC(C)(C)C)N(C(=O)C(C)NC(=O)OC(C)(C)C)C(C)CCC(C)C)c1. The highest BCUT2D eigenvalue weighted by atomic mass is 16.6. The van der Waals surface area contributed by atoms with Crippen LogP contribution < -0.4 is 10.6 Å². The van der Waals surface area contributed by atoms with E-state index in [1.54, 1.807) is 32.6 Å². The van der Waals surface area contributed by atoms with Crippen molar-refractivity contribution in [1.29, 1.82) is 0 Å². The van der Waals surface area contributed by atoms with Crippen LogP contribution in [0, 0.1) is 19.8 Å². The van der Waals surface area contributed by atoms with E-state index in [0.29, 0.717) is 5.92 Å². The van der Waals surface area contributed by atoms with Crippen molar-refractivity contribution in [2.75, 3.05) is 0 Å². The number of ether oxygens (including phenoxy) is 1. The van der Waals surface area contributed by atoms with Gasteiger partial charge in [0.25, 0.3) is 0 Å². The van der Waals surface area contributed by atoms with Gasteiger partial charge in [-0.1, -0.05) is 43.2 Å². The molecule has 0 saturated heterocycles. The van der Waals surface area contributed by atoms with Crippen LogP contribution in [0.4, 0.5) is 4.79 Å². The number of amides is 3. The van der Waals surface area contributed by atoms with Gasteiger partial charge >= 0.3 is 6.09 Å². The maximum absolute atomic E-state index is 14.0. The van der Waals surface area contributed by atoms with Crippen LogP contribution in [0.3, 0.4) is 0 Å². The number of nitrogens with zero attached hydrogens (tertiary/aromatic N) is 1. The third-order valence-corrected chi connectivity index (χ3v) is 5.58. The number of carbonyl (C=O) groups is 3. The molecule has 3 unspecified atom stereocenters. The first kappa shape index (κ1) is 31.5. The summed E-state index contributed by atoms with van der Waals surface area (Å²) in [7, 11) is 0. The molecule has 7 heteroatoms. The lowest BCUT2D eigenvalue weighted by Gasteiger charge is -2.39. The Balaban J connectivity index is 3.55. The Hall–Kier alpha value is -2.57. The minimum absolute atomic E-state index is 0.237. The lowest BCUT2D eigenvalue weighted by Crippen LogP contribution is -2.56. The molecule has 0 aliphatic rings. The Morgan fingerprint density at radius 1 is 0.889 bits per heavy atom. The number of hydrogen-bond donors (Lipinski definition) is 2. The number of rotatable bonds is 9. The van der Waals surface area contributed by atoms with Gasteiger partial charge in [0.05, 0.1) is 0 Å². The molecular weight excluding hydrogens is 454 g/mol. The van der Waals surface area contributed by atoms with Gasteiger partial charge in [0, 0.05) is 11.6 Å². The van der Waals surface area contributed by atoms with E-state index in [4.69, 9.17) is 4.74 Å². The molecule has 0 radical (unpaired) electrons. The smallest absolute Gasteiger partial charge is 0.408 e. The molecule has 0 aliphatic carbocycles. The molecule has 3 amide bonds. The first-order chi connectivity index (χ1) is 16.3. The van der Waals surface area contributed by atoms with Gasteiger partial charge in [0.2, 0.25) is 11.8 Å². The van der Waals surface area contributed by atoms with Gasteiger partial charge in [0.15, 0.2) is 0 Å². The van der Waals surface area contributed by atoms with Crippen molar-refractivity contribution in [2.45, 2.75) is 125 Å². The summed E-state index contributed by atoms with van der Waals surface area (Å²) in [5.41, 5.74) is 1.61. The standard InChI is InChI=1S/C29H49N3O4/c1-18(2)13-14-21(5)32(26(34)22(6)30-27(35)36-29(10,11)12)24(25(33)31-28(7,8)9)23-16-19(3)15-20(4)17-23/h15-18,21-22,24H,13-14H2,1-12H3,(H,30,35)(H,31,33). The molecule has 7 nitrogen and oxygen atoms in total. The fourth-order valence-corrected chi connectivity index (χ4v) is 4.13. The lowest BCUT2D eigenvalue weighted by atomic mass is 9.94. The Morgan fingerprint density at radius 3 is 1.86 bits per heavy atom. The van der Waals surface area contributed by atoms with Crippen LogP contribution in [0.2, 0.25) is 0 Å². The monoisotopic (exact) mass is 503 g/mol. The number of nitrogens with one attached hydrogen (secondary N) is 2. The summed E-state index contributed by atoms with van der Waals surface area (Å²) < 4.78 is 5.37. The summed E-state index contributed by atoms with van der Waals surface area (Å²) in [4.78, 5) is 41.8. The van der Waals surface area contributed by atoms with Gasteiger partial charge in [-0.25, -0.2) is 4.79 Å². The number of hydrogen-bond acceptors (Lipinski definition) is 4. The van der Waals surface area contributed by atoms with E-state index in [9.17, 15) is 14.4 Å². The molecular formula is C29H49N3O4. The molecule has 3 atom stereocenters. The fourth-order valence-electron chi connectivity index (χ4n) is 4.13. The van der Waals surface area contributed by atoms with Gasteiger partial charge in [-0.2, -0.15) is 0 Å². The maximum Gasteiger partial charge on any atom is 0.408 e. The molecule has 0 aromatic heterocycles. The summed E-state index contributed by atoms with van der Waals surface area (Å²) in [6.45, 7) is 22.9. The van der Waals surface area contributed by atoms with Crippen molar-refractivity contribution in [3.8, 4) is 0 Å². The van der Waals surface area contributed by atoms with Crippen LogP contribution in [0.1, 0.15) is 105 Å². The zero-order valence-corrected chi connectivity index (χ0v) is 24.5. The molecule has 2 N–H and O–H groups in total. The summed E-state index contributed by atoms with van der Waals surface area (Å²) in [5, 5.41) is 5.75. The highest BCUT2D eigenvalue weighted by Crippen LogP contribution is 2.29. The molecule has 0 fully saturated rings. The number of benzene rings is 1. The van der Waals surface area contributed by atoms with Crippen LogP contribution in [-0.2, 0) is 14.3 Å². The molecule has 0 saturated carbocycles. The van der Waals surface area contributed by atoms with Crippen LogP contribution in [0.25, 0.3) is 0 Å². The fraction of sp³-hybridized carbons (Fsp3) is 0.690. The van der Waals surface area contributed by atoms with Gasteiger partial charge in [-0.3, -0.25) is 9.59 Å². The van der Waals surface area contributed by atoms with E-state index >= 15 is 0 Å². The summed E-state index contributed by atoms with van der Waals surface area (Å²) in [6, 6.07) is 4.00. The van der Waals surface area contributed by atoms with Crippen molar-refractivity contribution in [3.63, 3.8) is 0 Å². The first-order valence-electron chi connectivity index (χ1n) is 13.0. The van der Waals surface area contributed by atoms with E-state index in [1.165, 1.54) is 0 Å². The average Bonchev–Trinajstić information content (AvgIpc) is 2.65. The largest absolute Gasteiger partial charge is 0.444 e. The van der Waals surface area contributed by atoms with Crippen molar-refractivity contribution < 1.29 is 19.1 Å². The Morgan fingerprint density at radius 2 is 1.42 bits per heavy atom. The maximum atomic E-state index is 14.0. The van der Waals surface area contributed by atoms with E-state index in [2.05, 4.69) is 24.5 Å². The quantitative estimate of drug-likeness (QED) is 0.444. The molecule has 36 heavy (non-hydrogen) atoms. The van der Waals surface area contributed by atoms with Gasteiger partial charge in [0.1, 0.15) is 17.7 Å². The van der Waals surface area contributed by atoms with Crippen LogP contribution in [0.5, 0.6) is 0 Å². The van der Waals surface area contributed by atoms with E-state index in [1.807, 2.05) is 59.7 Å².